The number of hydrogen-bond donors (Lipinski definition) is 1. The molecule has 116 valence electrons. The van der Waals surface area contributed by atoms with Gasteiger partial charge in [0.15, 0.2) is 0 Å². The highest BCUT2D eigenvalue weighted by atomic mass is 32.2. The zero-order chi connectivity index (χ0) is 16.0. The van der Waals surface area contributed by atoms with Gasteiger partial charge < -0.3 is 0 Å². The van der Waals surface area contributed by atoms with Crippen LogP contribution in [0.25, 0.3) is 0 Å². The second-order valence-corrected chi connectivity index (χ2v) is 7.41. The fraction of sp³-hybridized carbons (Fsp3) is 0.143. The van der Waals surface area contributed by atoms with Crippen molar-refractivity contribution in [1.82, 2.24) is 9.73 Å². The molecule has 0 saturated heterocycles. The van der Waals surface area contributed by atoms with Gasteiger partial charge in [0.1, 0.15) is 0 Å². The zero-order valence-electron chi connectivity index (χ0n) is 11.8. The van der Waals surface area contributed by atoms with Crippen molar-refractivity contribution in [2.45, 2.75) is 4.90 Å². The summed E-state index contributed by atoms with van der Waals surface area (Å²) < 4.78 is 25.5. The Morgan fingerprint density at radius 3 is 2.64 bits per heavy atom. The molecule has 6 nitrogen and oxygen atoms in total. The van der Waals surface area contributed by atoms with Gasteiger partial charge in [-0.2, -0.15) is 9.41 Å². The van der Waals surface area contributed by atoms with Gasteiger partial charge >= 0.3 is 0 Å². The lowest BCUT2D eigenvalue weighted by molar-refractivity contribution is -0.121. The average Bonchev–Trinajstić information content (AvgIpc) is 3.01. The molecule has 0 aliphatic heterocycles. The van der Waals surface area contributed by atoms with Gasteiger partial charge in [-0.3, -0.25) is 4.79 Å². The van der Waals surface area contributed by atoms with E-state index in [0.29, 0.717) is 0 Å². The van der Waals surface area contributed by atoms with E-state index in [0.717, 1.165) is 9.18 Å². The second kappa shape index (κ2) is 7.30. The van der Waals surface area contributed by atoms with Gasteiger partial charge in [0.05, 0.1) is 17.7 Å². The van der Waals surface area contributed by atoms with E-state index in [4.69, 9.17) is 0 Å². The molecule has 1 aromatic heterocycles. The number of nitrogens with zero attached hydrogens (tertiary/aromatic N) is 2. The lowest BCUT2D eigenvalue weighted by Gasteiger charge is -2.15. The van der Waals surface area contributed by atoms with Gasteiger partial charge in [-0.15, -0.1) is 11.3 Å². The summed E-state index contributed by atoms with van der Waals surface area (Å²) in [6.45, 7) is -0.307. The first kappa shape index (κ1) is 16.3. The van der Waals surface area contributed by atoms with Crippen molar-refractivity contribution in [3.63, 3.8) is 0 Å². The number of rotatable bonds is 6. The number of likely N-dealkylation sites (N-methyl/N-ethyl adjacent to an activating group) is 1. The molecule has 0 fully saturated rings. The molecule has 22 heavy (non-hydrogen) atoms. The van der Waals surface area contributed by atoms with E-state index in [1.54, 1.807) is 18.2 Å². The molecule has 0 aliphatic rings. The van der Waals surface area contributed by atoms with Gasteiger partial charge in [-0.1, -0.05) is 24.3 Å². The third-order valence-electron chi connectivity index (χ3n) is 2.74. The Kier molecular flexibility index (Phi) is 5.42. The van der Waals surface area contributed by atoms with Gasteiger partial charge in [0.25, 0.3) is 5.91 Å². The number of amides is 1. The standard InChI is InChI=1S/C14H15N3O3S2/c1-17(22(19,20)13-7-3-2-4-8-13)11-14(18)16-15-10-12-6-5-9-21-12/h2-10H,11H2,1H3,(H,16,18)/b15-10-. The maximum absolute atomic E-state index is 12.2. The smallest absolute Gasteiger partial charge is 0.255 e. The fourth-order valence-electron chi connectivity index (χ4n) is 1.63. The molecule has 0 atom stereocenters. The van der Waals surface area contributed by atoms with Crippen LogP contribution in [0.5, 0.6) is 0 Å². The Bertz CT molecular complexity index is 741. The third kappa shape index (κ3) is 4.23. The minimum atomic E-state index is -3.68. The monoisotopic (exact) mass is 337 g/mol. The summed E-state index contributed by atoms with van der Waals surface area (Å²) in [7, 11) is -2.33. The molecule has 1 amide bonds. The van der Waals surface area contributed by atoms with E-state index >= 15 is 0 Å². The predicted molar refractivity (Wildman–Crippen MR) is 86.3 cm³/mol. The van der Waals surface area contributed by atoms with Crippen molar-refractivity contribution < 1.29 is 13.2 Å². The van der Waals surface area contributed by atoms with Crippen LogP contribution in [0.1, 0.15) is 4.88 Å². The minimum Gasteiger partial charge on any atom is -0.272 e. The van der Waals surface area contributed by atoms with E-state index in [2.05, 4.69) is 10.5 Å². The van der Waals surface area contributed by atoms with Crippen molar-refractivity contribution in [3.8, 4) is 0 Å². The van der Waals surface area contributed by atoms with E-state index in [9.17, 15) is 13.2 Å². The third-order valence-corrected chi connectivity index (χ3v) is 5.37. The van der Waals surface area contributed by atoms with Crippen LogP contribution in [0.15, 0.2) is 57.8 Å². The predicted octanol–water partition coefficient (Wildman–Crippen LogP) is 1.52. The van der Waals surface area contributed by atoms with Crippen LogP contribution in [0.2, 0.25) is 0 Å². The molecule has 0 unspecified atom stereocenters. The quantitative estimate of drug-likeness (QED) is 0.641. The highest BCUT2D eigenvalue weighted by Gasteiger charge is 2.22. The summed E-state index contributed by atoms with van der Waals surface area (Å²) in [5, 5.41) is 5.68. The van der Waals surface area contributed by atoms with Crippen LogP contribution < -0.4 is 5.43 Å². The lowest BCUT2D eigenvalue weighted by atomic mass is 10.4. The molecule has 0 aliphatic carbocycles. The summed E-state index contributed by atoms with van der Waals surface area (Å²) in [6, 6.07) is 11.7. The number of hydrazone groups is 1. The Labute approximate surface area is 133 Å². The van der Waals surface area contributed by atoms with Crippen LogP contribution >= 0.6 is 11.3 Å². The minimum absolute atomic E-state index is 0.146. The maximum atomic E-state index is 12.2. The normalized spacial score (nSPS) is 11.9. The molecular weight excluding hydrogens is 322 g/mol. The van der Waals surface area contributed by atoms with E-state index < -0.39 is 15.9 Å². The summed E-state index contributed by atoms with van der Waals surface area (Å²) in [5.41, 5.74) is 2.31. The number of benzene rings is 1. The van der Waals surface area contributed by atoms with Gasteiger partial charge in [0.2, 0.25) is 10.0 Å². The number of nitrogens with one attached hydrogen (secondary N) is 1. The number of sulfonamides is 1. The molecule has 8 heteroatoms. The molecule has 0 spiro atoms. The van der Waals surface area contributed by atoms with Crippen LogP contribution in [0, 0.1) is 0 Å². The number of carbonyl (C=O) groups excluding carboxylic acids is 1. The van der Waals surface area contributed by atoms with Crippen molar-refractivity contribution in [3.05, 3.63) is 52.7 Å². The molecular formula is C14H15N3O3S2. The Morgan fingerprint density at radius 2 is 2.00 bits per heavy atom. The molecule has 0 bridgehead atoms. The van der Waals surface area contributed by atoms with Gasteiger partial charge in [0, 0.05) is 11.9 Å². The Balaban J connectivity index is 1.93. The fourth-order valence-corrected chi connectivity index (χ4v) is 3.36. The molecule has 0 saturated carbocycles. The second-order valence-electron chi connectivity index (χ2n) is 4.38. The first-order chi connectivity index (χ1) is 10.5. The topological polar surface area (TPSA) is 78.8 Å². The number of hydrogen-bond acceptors (Lipinski definition) is 5. The van der Waals surface area contributed by atoms with Crippen molar-refractivity contribution in [2.24, 2.45) is 5.10 Å². The van der Waals surface area contributed by atoms with Crippen molar-refractivity contribution >= 4 is 33.5 Å². The first-order valence-corrected chi connectivity index (χ1v) is 8.69. The molecule has 1 aromatic carbocycles. The molecule has 2 rings (SSSR count). The zero-order valence-corrected chi connectivity index (χ0v) is 13.5. The highest BCUT2D eigenvalue weighted by Crippen LogP contribution is 2.12. The van der Waals surface area contributed by atoms with E-state index in [-0.39, 0.29) is 11.4 Å². The maximum Gasteiger partial charge on any atom is 0.255 e. The summed E-state index contributed by atoms with van der Waals surface area (Å²) in [5.74, 6) is -0.505. The summed E-state index contributed by atoms with van der Waals surface area (Å²) in [6.07, 6.45) is 1.51. The van der Waals surface area contributed by atoms with Crippen LogP contribution in [-0.4, -0.2) is 38.4 Å². The van der Waals surface area contributed by atoms with Gasteiger partial charge in [-0.05, 0) is 23.6 Å². The van der Waals surface area contributed by atoms with Crippen molar-refractivity contribution in [2.75, 3.05) is 13.6 Å². The number of carbonyl (C=O) groups is 1. The van der Waals surface area contributed by atoms with Crippen LogP contribution in [-0.2, 0) is 14.8 Å². The van der Waals surface area contributed by atoms with Crippen LogP contribution in [0.4, 0.5) is 0 Å². The van der Waals surface area contributed by atoms with E-state index in [1.165, 1.54) is 36.7 Å². The molecule has 1 N–H and O–H groups in total. The number of thiophene rings is 1. The molecule has 0 radical (unpaired) electrons. The largest absolute Gasteiger partial charge is 0.272 e. The van der Waals surface area contributed by atoms with Crippen LogP contribution in [0.3, 0.4) is 0 Å². The Hall–Kier alpha value is -2.03. The molecule has 2 aromatic rings. The Morgan fingerprint density at radius 1 is 1.27 bits per heavy atom. The summed E-state index contributed by atoms with van der Waals surface area (Å²) in [4.78, 5) is 12.8. The SMILES string of the molecule is CN(CC(=O)N/N=C\c1cccs1)S(=O)(=O)c1ccccc1. The van der Waals surface area contributed by atoms with Crippen molar-refractivity contribution in [1.29, 1.82) is 0 Å². The first-order valence-electron chi connectivity index (χ1n) is 6.37. The average molecular weight is 337 g/mol. The lowest BCUT2D eigenvalue weighted by Crippen LogP contribution is -2.36. The highest BCUT2D eigenvalue weighted by molar-refractivity contribution is 7.89. The van der Waals surface area contributed by atoms with E-state index in [1.807, 2.05) is 17.5 Å². The summed E-state index contributed by atoms with van der Waals surface area (Å²) >= 11 is 1.48. The molecule has 1 heterocycles. The van der Waals surface area contributed by atoms with Gasteiger partial charge in [-0.25, -0.2) is 13.8 Å².